The fraction of sp³-hybridized carbons (Fsp3) is 0.158. The van der Waals surface area contributed by atoms with E-state index in [1.54, 1.807) is 7.11 Å². The van der Waals surface area contributed by atoms with Crippen LogP contribution < -0.4 is 10.1 Å². The van der Waals surface area contributed by atoms with Gasteiger partial charge in [-0.05, 0) is 17.7 Å². The summed E-state index contributed by atoms with van der Waals surface area (Å²) in [5.74, 6) is 0.752. The van der Waals surface area contributed by atoms with Crippen LogP contribution in [0.25, 0.3) is 11.3 Å². The first-order chi connectivity index (χ1) is 11.8. The number of thiazole rings is 1. The van der Waals surface area contributed by atoms with E-state index in [0.29, 0.717) is 6.54 Å². The topological polar surface area (TPSA) is 51.2 Å². The normalized spacial score (nSPS) is 10.4. The van der Waals surface area contributed by atoms with Gasteiger partial charge < -0.3 is 10.1 Å². The van der Waals surface area contributed by atoms with Crippen molar-refractivity contribution in [3.8, 4) is 17.0 Å². The Morgan fingerprint density at radius 2 is 1.88 bits per heavy atom. The van der Waals surface area contributed by atoms with Crippen molar-refractivity contribution in [1.29, 1.82) is 0 Å². The summed E-state index contributed by atoms with van der Waals surface area (Å²) in [6, 6.07) is 17.6. The Labute approximate surface area is 145 Å². The second-order valence-corrected chi connectivity index (χ2v) is 6.21. The molecule has 0 spiro atoms. The second kappa shape index (κ2) is 7.75. The number of hydrogen-bond donors (Lipinski definition) is 1. The van der Waals surface area contributed by atoms with Crippen LogP contribution in [0.2, 0.25) is 0 Å². The third-order valence-corrected chi connectivity index (χ3v) is 4.43. The molecule has 0 aliphatic heterocycles. The smallest absolute Gasteiger partial charge is 0.227 e. The highest BCUT2D eigenvalue weighted by Crippen LogP contribution is 2.30. The summed E-state index contributed by atoms with van der Waals surface area (Å²) in [7, 11) is 1.64. The largest absolute Gasteiger partial charge is 0.496 e. The van der Waals surface area contributed by atoms with Crippen LogP contribution in [0.4, 0.5) is 0 Å². The number of aromatic nitrogens is 1. The fourth-order valence-corrected chi connectivity index (χ4v) is 3.16. The highest BCUT2D eigenvalue weighted by atomic mass is 32.1. The maximum atomic E-state index is 12.1. The fourth-order valence-electron chi connectivity index (χ4n) is 2.37. The predicted octanol–water partition coefficient (Wildman–Crippen LogP) is 3.68. The zero-order chi connectivity index (χ0) is 16.8. The van der Waals surface area contributed by atoms with Crippen LogP contribution in [-0.4, -0.2) is 18.0 Å². The third-order valence-electron chi connectivity index (χ3n) is 3.58. The SMILES string of the molecule is COc1ccccc1-c1csc(CC(=O)NCc2ccccc2)n1. The minimum Gasteiger partial charge on any atom is -0.496 e. The van der Waals surface area contributed by atoms with Gasteiger partial charge in [0, 0.05) is 17.5 Å². The van der Waals surface area contributed by atoms with Gasteiger partial charge in [0.05, 0.1) is 19.2 Å². The number of methoxy groups -OCH3 is 1. The van der Waals surface area contributed by atoms with Crippen molar-refractivity contribution in [3.63, 3.8) is 0 Å². The Balaban J connectivity index is 1.62. The standard InChI is InChI=1S/C19H18N2O2S/c1-23-17-10-6-5-9-15(17)16-13-24-19(21-16)11-18(22)20-12-14-7-3-2-4-8-14/h2-10,13H,11-12H2,1H3,(H,20,22). The van der Waals surface area contributed by atoms with Gasteiger partial charge in [0.15, 0.2) is 0 Å². The molecule has 5 heteroatoms. The number of amides is 1. The van der Waals surface area contributed by atoms with E-state index < -0.39 is 0 Å². The van der Waals surface area contributed by atoms with E-state index in [4.69, 9.17) is 4.74 Å². The van der Waals surface area contributed by atoms with Crippen LogP contribution in [0.15, 0.2) is 60.0 Å². The van der Waals surface area contributed by atoms with E-state index in [-0.39, 0.29) is 12.3 Å². The summed E-state index contributed by atoms with van der Waals surface area (Å²) in [4.78, 5) is 16.6. The van der Waals surface area contributed by atoms with Crippen LogP contribution in [0, 0.1) is 0 Å². The second-order valence-electron chi connectivity index (χ2n) is 5.27. The lowest BCUT2D eigenvalue weighted by Crippen LogP contribution is -2.24. The summed E-state index contributed by atoms with van der Waals surface area (Å²) < 4.78 is 5.36. The number of ether oxygens (including phenoxy) is 1. The lowest BCUT2D eigenvalue weighted by molar-refractivity contribution is -0.120. The number of carbonyl (C=O) groups is 1. The summed E-state index contributed by atoms with van der Waals surface area (Å²) in [6.07, 6.45) is 0.284. The number of nitrogens with zero attached hydrogens (tertiary/aromatic N) is 1. The summed E-state index contributed by atoms with van der Waals surface area (Å²) in [6.45, 7) is 0.532. The third kappa shape index (κ3) is 4.00. The molecule has 2 aromatic carbocycles. The lowest BCUT2D eigenvalue weighted by Gasteiger charge is -2.05. The summed E-state index contributed by atoms with van der Waals surface area (Å²) in [5.41, 5.74) is 2.86. The zero-order valence-corrected chi connectivity index (χ0v) is 14.2. The van der Waals surface area contributed by atoms with Gasteiger partial charge in [-0.2, -0.15) is 0 Å². The molecule has 0 atom stereocenters. The Hall–Kier alpha value is -2.66. The first-order valence-corrected chi connectivity index (χ1v) is 8.52. The molecule has 0 bridgehead atoms. The Kier molecular flexibility index (Phi) is 5.23. The number of rotatable bonds is 6. The van der Waals surface area contributed by atoms with Gasteiger partial charge in [-0.3, -0.25) is 4.79 Å². The van der Waals surface area contributed by atoms with E-state index in [1.165, 1.54) is 11.3 Å². The van der Waals surface area contributed by atoms with Crippen LogP contribution >= 0.6 is 11.3 Å². The molecule has 24 heavy (non-hydrogen) atoms. The summed E-state index contributed by atoms with van der Waals surface area (Å²) >= 11 is 1.49. The van der Waals surface area contributed by atoms with Gasteiger partial charge >= 0.3 is 0 Å². The lowest BCUT2D eigenvalue weighted by atomic mass is 10.1. The van der Waals surface area contributed by atoms with Crippen molar-refractivity contribution in [3.05, 3.63) is 70.5 Å². The molecular weight excluding hydrogens is 320 g/mol. The molecular formula is C19H18N2O2S. The Morgan fingerprint density at radius 3 is 2.67 bits per heavy atom. The van der Waals surface area contributed by atoms with Crippen molar-refractivity contribution < 1.29 is 9.53 Å². The Morgan fingerprint density at radius 1 is 1.12 bits per heavy atom. The molecule has 0 fully saturated rings. The molecule has 0 radical (unpaired) electrons. The molecule has 1 aromatic heterocycles. The number of para-hydroxylation sites is 1. The number of hydrogen-bond acceptors (Lipinski definition) is 4. The quantitative estimate of drug-likeness (QED) is 0.746. The average molecular weight is 338 g/mol. The van der Waals surface area contributed by atoms with Crippen molar-refractivity contribution in [1.82, 2.24) is 10.3 Å². The minimum absolute atomic E-state index is 0.0280. The van der Waals surface area contributed by atoms with Gasteiger partial charge in [-0.15, -0.1) is 11.3 Å². The van der Waals surface area contributed by atoms with E-state index in [0.717, 1.165) is 27.6 Å². The van der Waals surface area contributed by atoms with E-state index in [1.807, 2.05) is 60.0 Å². The van der Waals surface area contributed by atoms with E-state index >= 15 is 0 Å². The van der Waals surface area contributed by atoms with Crippen LogP contribution in [0.1, 0.15) is 10.6 Å². The molecule has 3 rings (SSSR count). The summed E-state index contributed by atoms with van der Waals surface area (Å²) in [5, 5.41) is 5.67. The highest BCUT2D eigenvalue weighted by Gasteiger charge is 2.11. The van der Waals surface area contributed by atoms with Gasteiger partial charge in [-0.1, -0.05) is 42.5 Å². The van der Waals surface area contributed by atoms with E-state index in [2.05, 4.69) is 10.3 Å². The maximum absolute atomic E-state index is 12.1. The maximum Gasteiger partial charge on any atom is 0.227 e. The molecule has 0 unspecified atom stereocenters. The molecule has 122 valence electrons. The van der Waals surface area contributed by atoms with Crippen LogP contribution in [0.5, 0.6) is 5.75 Å². The van der Waals surface area contributed by atoms with E-state index in [9.17, 15) is 4.79 Å². The van der Waals surface area contributed by atoms with Crippen LogP contribution in [0.3, 0.4) is 0 Å². The molecule has 0 saturated carbocycles. The first-order valence-electron chi connectivity index (χ1n) is 7.64. The molecule has 1 N–H and O–H groups in total. The van der Waals surface area contributed by atoms with Crippen LogP contribution in [-0.2, 0) is 17.8 Å². The van der Waals surface area contributed by atoms with Gasteiger partial charge in [0.25, 0.3) is 0 Å². The predicted molar refractivity (Wildman–Crippen MR) is 96.1 cm³/mol. The van der Waals surface area contributed by atoms with Crippen molar-refractivity contribution in [2.24, 2.45) is 0 Å². The van der Waals surface area contributed by atoms with Gasteiger partial charge in [-0.25, -0.2) is 4.98 Å². The number of benzene rings is 2. The number of nitrogens with one attached hydrogen (secondary N) is 1. The van der Waals surface area contributed by atoms with Crippen molar-refractivity contribution >= 4 is 17.2 Å². The van der Waals surface area contributed by atoms with Crippen molar-refractivity contribution in [2.75, 3.05) is 7.11 Å². The average Bonchev–Trinajstić information content (AvgIpc) is 3.09. The first kappa shape index (κ1) is 16.2. The highest BCUT2D eigenvalue weighted by molar-refractivity contribution is 7.10. The van der Waals surface area contributed by atoms with Gasteiger partial charge in [0.1, 0.15) is 10.8 Å². The zero-order valence-electron chi connectivity index (χ0n) is 13.4. The monoisotopic (exact) mass is 338 g/mol. The van der Waals surface area contributed by atoms with Gasteiger partial charge in [0.2, 0.25) is 5.91 Å². The molecule has 0 saturated heterocycles. The molecule has 4 nitrogen and oxygen atoms in total. The molecule has 1 amide bonds. The Bertz CT molecular complexity index is 815. The molecule has 0 aliphatic carbocycles. The minimum atomic E-state index is -0.0280. The molecule has 3 aromatic rings. The molecule has 1 heterocycles. The molecule has 0 aliphatic rings. The number of carbonyl (C=O) groups excluding carboxylic acids is 1. The van der Waals surface area contributed by atoms with Crippen molar-refractivity contribution in [2.45, 2.75) is 13.0 Å².